The standard InChI is InChI=1S/C26H22N6O5/c1-31(2)18-10-8-16(9-11-18)14-22(28-24(33)17-6-4-3-5-7-17)25(34)30-29-23-20-15-19(32(36)37)12-13-21(20)27-26(23)35/h3-15,27,35H,1-2H3,(H,28,33)/b22-14+,30-29?. The van der Waals surface area contributed by atoms with Crippen molar-refractivity contribution in [3.8, 4) is 5.88 Å². The number of anilines is 1. The van der Waals surface area contributed by atoms with E-state index >= 15 is 0 Å². The van der Waals surface area contributed by atoms with Gasteiger partial charge in [0.15, 0.2) is 5.69 Å². The molecule has 0 unspecified atom stereocenters. The number of nitrogens with one attached hydrogen (secondary N) is 2. The number of hydrogen-bond donors (Lipinski definition) is 3. The number of fused-ring (bicyclic) bond motifs is 1. The largest absolute Gasteiger partial charge is 0.493 e. The van der Waals surface area contributed by atoms with E-state index in [1.165, 1.54) is 24.3 Å². The van der Waals surface area contributed by atoms with Crippen molar-refractivity contribution in [2.45, 2.75) is 0 Å². The molecule has 11 nitrogen and oxygen atoms in total. The maximum Gasteiger partial charge on any atom is 0.311 e. The Morgan fingerprint density at radius 1 is 1.05 bits per heavy atom. The number of hydrogen-bond acceptors (Lipinski definition) is 7. The number of nitro groups is 1. The summed E-state index contributed by atoms with van der Waals surface area (Å²) >= 11 is 0. The molecular formula is C26H22N6O5. The fourth-order valence-electron chi connectivity index (χ4n) is 3.49. The second kappa shape index (κ2) is 10.5. The van der Waals surface area contributed by atoms with Crippen LogP contribution in [-0.4, -0.2) is 40.9 Å². The van der Waals surface area contributed by atoms with Gasteiger partial charge >= 0.3 is 5.91 Å². The van der Waals surface area contributed by atoms with Gasteiger partial charge in [0.25, 0.3) is 11.6 Å². The molecule has 1 aromatic heterocycles. The van der Waals surface area contributed by atoms with Gasteiger partial charge in [-0.1, -0.05) is 30.3 Å². The first-order valence-corrected chi connectivity index (χ1v) is 11.0. The van der Waals surface area contributed by atoms with E-state index < -0.39 is 22.6 Å². The van der Waals surface area contributed by atoms with E-state index in [4.69, 9.17) is 0 Å². The first kappa shape index (κ1) is 24.8. The molecule has 0 saturated heterocycles. The molecule has 0 atom stereocenters. The predicted octanol–water partition coefficient (Wildman–Crippen LogP) is 4.93. The van der Waals surface area contributed by atoms with E-state index in [1.807, 2.05) is 31.1 Å². The second-order valence-corrected chi connectivity index (χ2v) is 8.18. The number of nitrogens with zero attached hydrogens (tertiary/aromatic N) is 4. The highest BCUT2D eigenvalue weighted by Gasteiger charge is 2.18. The minimum atomic E-state index is -0.889. The van der Waals surface area contributed by atoms with Crippen LogP contribution in [-0.2, 0) is 4.79 Å². The first-order chi connectivity index (χ1) is 17.7. The third-order valence-electron chi connectivity index (χ3n) is 5.42. The van der Waals surface area contributed by atoms with Crippen molar-refractivity contribution in [3.63, 3.8) is 0 Å². The van der Waals surface area contributed by atoms with Gasteiger partial charge in [0.05, 0.1) is 10.4 Å². The van der Waals surface area contributed by atoms with Crippen molar-refractivity contribution in [1.29, 1.82) is 0 Å². The Labute approximate surface area is 210 Å². The molecule has 3 aromatic carbocycles. The van der Waals surface area contributed by atoms with Crippen molar-refractivity contribution < 1.29 is 19.6 Å². The Balaban J connectivity index is 1.68. The monoisotopic (exact) mass is 498 g/mol. The van der Waals surface area contributed by atoms with Crippen molar-refractivity contribution in [1.82, 2.24) is 10.3 Å². The van der Waals surface area contributed by atoms with Gasteiger partial charge in [-0.25, -0.2) is 0 Å². The van der Waals surface area contributed by atoms with Crippen LogP contribution in [0.15, 0.2) is 88.7 Å². The average Bonchev–Trinajstić information content (AvgIpc) is 3.21. The molecule has 3 N–H and O–H groups in total. The topological polar surface area (TPSA) is 153 Å². The highest BCUT2D eigenvalue weighted by atomic mass is 16.6. The van der Waals surface area contributed by atoms with Crippen molar-refractivity contribution in [2.75, 3.05) is 19.0 Å². The molecule has 2 amide bonds. The number of aromatic amines is 1. The number of nitro benzene ring substituents is 1. The maximum absolute atomic E-state index is 13.1. The van der Waals surface area contributed by atoms with Gasteiger partial charge in [-0.05, 0) is 42.0 Å². The number of carbonyl (C=O) groups is 2. The van der Waals surface area contributed by atoms with Gasteiger partial charge in [-0.15, -0.1) is 10.2 Å². The van der Waals surface area contributed by atoms with Gasteiger partial charge < -0.3 is 20.3 Å². The molecule has 0 aliphatic heterocycles. The van der Waals surface area contributed by atoms with Crippen molar-refractivity contribution in [3.05, 3.63) is 99.7 Å². The molecule has 1 heterocycles. The van der Waals surface area contributed by atoms with Crippen LogP contribution in [0.25, 0.3) is 17.0 Å². The van der Waals surface area contributed by atoms with Crippen LogP contribution >= 0.6 is 0 Å². The third kappa shape index (κ3) is 5.68. The molecule has 11 heteroatoms. The van der Waals surface area contributed by atoms with E-state index in [2.05, 4.69) is 20.5 Å². The summed E-state index contributed by atoms with van der Waals surface area (Å²) in [7, 11) is 3.80. The maximum atomic E-state index is 13.1. The SMILES string of the molecule is CN(C)c1ccc(/C=C(/NC(=O)c2ccccc2)C(=O)N=Nc2c(O)[nH]c3ccc([N+](=O)[O-])cc23)cc1. The lowest BCUT2D eigenvalue weighted by Gasteiger charge is -2.12. The molecule has 0 radical (unpaired) electrons. The number of benzene rings is 3. The minimum absolute atomic E-state index is 0.142. The van der Waals surface area contributed by atoms with Gasteiger partial charge in [0.1, 0.15) is 5.70 Å². The summed E-state index contributed by atoms with van der Waals surface area (Å²) in [5.74, 6) is -1.82. The van der Waals surface area contributed by atoms with E-state index in [0.29, 0.717) is 16.6 Å². The zero-order valence-corrected chi connectivity index (χ0v) is 19.9. The number of aromatic nitrogens is 1. The zero-order valence-electron chi connectivity index (χ0n) is 19.9. The third-order valence-corrected chi connectivity index (χ3v) is 5.42. The summed E-state index contributed by atoms with van der Waals surface area (Å²) < 4.78 is 0. The molecule has 0 aliphatic rings. The quantitative estimate of drug-likeness (QED) is 0.142. The summed E-state index contributed by atoms with van der Waals surface area (Å²) in [5, 5.41) is 31.7. The van der Waals surface area contributed by atoms with Gasteiger partial charge in [0.2, 0.25) is 5.88 Å². The number of H-pyrrole nitrogens is 1. The van der Waals surface area contributed by atoms with Crippen LogP contribution in [0.4, 0.5) is 17.1 Å². The van der Waals surface area contributed by atoms with E-state index in [9.17, 15) is 24.8 Å². The molecule has 0 saturated carbocycles. The lowest BCUT2D eigenvalue weighted by molar-refractivity contribution is -0.384. The molecular weight excluding hydrogens is 476 g/mol. The summed E-state index contributed by atoms with van der Waals surface area (Å²) in [5.41, 5.74) is 1.77. The molecule has 0 spiro atoms. The molecule has 4 rings (SSSR count). The Morgan fingerprint density at radius 2 is 1.76 bits per heavy atom. The molecule has 4 aromatic rings. The fourth-order valence-corrected chi connectivity index (χ4v) is 3.49. The first-order valence-electron chi connectivity index (χ1n) is 11.0. The summed E-state index contributed by atoms with van der Waals surface area (Å²) in [6.07, 6.45) is 1.46. The van der Waals surface area contributed by atoms with Gasteiger partial charge in [-0.2, -0.15) is 0 Å². The number of non-ortho nitro benzene ring substituents is 1. The number of amides is 2. The lowest BCUT2D eigenvalue weighted by Crippen LogP contribution is -2.26. The van der Waals surface area contributed by atoms with Crippen LogP contribution in [0.3, 0.4) is 0 Å². The Morgan fingerprint density at radius 3 is 2.41 bits per heavy atom. The Bertz CT molecular complexity index is 1540. The van der Waals surface area contributed by atoms with Crippen LogP contribution in [0, 0.1) is 10.1 Å². The van der Waals surface area contributed by atoms with Crippen molar-refractivity contribution >= 4 is 45.9 Å². The Kier molecular flexibility index (Phi) is 7.05. The van der Waals surface area contributed by atoms with Gasteiger partial charge in [0, 0.05) is 42.9 Å². The van der Waals surface area contributed by atoms with Crippen molar-refractivity contribution in [2.24, 2.45) is 10.2 Å². The fraction of sp³-hybridized carbons (Fsp3) is 0.0769. The summed E-state index contributed by atoms with van der Waals surface area (Å²) in [6.45, 7) is 0. The number of aromatic hydroxyl groups is 1. The van der Waals surface area contributed by atoms with Crippen LogP contribution in [0.1, 0.15) is 15.9 Å². The molecule has 0 fully saturated rings. The van der Waals surface area contributed by atoms with E-state index in [0.717, 1.165) is 5.69 Å². The average molecular weight is 498 g/mol. The number of rotatable bonds is 7. The lowest BCUT2D eigenvalue weighted by atomic mass is 10.1. The van der Waals surface area contributed by atoms with Crippen LogP contribution in [0.2, 0.25) is 0 Å². The summed E-state index contributed by atoms with van der Waals surface area (Å²) in [4.78, 5) is 40.9. The van der Waals surface area contributed by atoms with Gasteiger partial charge in [-0.3, -0.25) is 19.7 Å². The normalized spacial score (nSPS) is 11.6. The highest BCUT2D eigenvalue weighted by Crippen LogP contribution is 2.37. The minimum Gasteiger partial charge on any atom is -0.493 e. The summed E-state index contributed by atoms with van der Waals surface area (Å²) in [6, 6.07) is 19.5. The van der Waals surface area contributed by atoms with Crippen LogP contribution in [0.5, 0.6) is 5.88 Å². The number of carbonyl (C=O) groups excluding carboxylic acids is 2. The van der Waals surface area contributed by atoms with E-state index in [1.54, 1.807) is 42.5 Å². The van der Waals surface area contributed by atoms with Crippen LogP contribution < -0.4 is 10.2 Å². The molecule has 186 valence electrons. The zero-order chi connectivity index (χ0) is 26.5. The second-order valence-electron chi connectivity index (χ2n) is 8.18. The highest BCUT2D eigenvalue weighted by molar-refractivity contribution is 6.05. The molecule has 37 heavy (non-hydrogen) atoms. The van der Waals surface area contributed by atoms with E-state index in [-0.39, 0.29) is 22.5 Å². The smallest absolute Gasteiger partial charge is 0.311 e. The molecule has 0 aliphatic carbocycles. The Hall–Kier alpha value is -5.32. The predicted molar refractivity (Wildman–Crippen MR) is 139 cm³/mol. The molecule has 0 bridgehead atoms. The number of azo groups is 1.